The lowest BCUT2D eigenvalue weighted by Crippen LogP contribution is -2.47. The fourth-order valence-electron chi connectivity index (χ4n) is 6.74. The number of carbonyl (C=O) groups is 1. The number of piperazine rings is 1. The Labute approximate surface area is 282 Å². The molecule has 7 rings (SSSR count). The molecule has 8 nitrogen and oxygen atoms in total. The minimum atomic E-state index is -1.04. The molecule has 0 atom stereocenters. The molecule has 5 aromatic rings. The van der Waals surface area contributed by atoms with Crippen LogP contribution in [0, 0.1) is 22.6 Å². The number of rotatable bonds is 8. The normalized spacial score (nSPS) is 16.7. The van der Waals surface area contributed by atoms with Crippen molar-refractivity contribution in [2.45, 2.75) is 33.1 Å². The molecule has 0 saturated carbocycles. The summed E-state index contributed by atoms with van der Waals surface area (Å²) in [5.41, 5.74) is 6.80. The van der Waals surface area contributed by atoms with Gasteiger partial charge in [0.05, 0.1) is 17.8 Å². The van der Waals surface area contributed by atoms with E-state index in [4.69, 9.17) is 4.74 Å². The van der Waals surface area contributed by atoms with Crippen molar-refractivity contribution in [3.8, 4) is 28.7 Å². The van der Waals surface area contributed by atoms with Crippen molar-refractivity contribution < 1.29 is 19.0 Å². The highest BCUT2D eigenvalue weighted by molar-refractivity contribution is 7.11. The third kappa shape index (κ3) is 6.70. The molecule has 4 heterocycles. The predicted octanol–water partition coefficient (Wildman–Crippen LogP) is 8.58. The maximum absolute atomic E-state index is 14.2. The number of thiophene rings is 1. The second kappa shape index (κ2) is 12.9. The highest BCUT2D eigenvalue weighted by atomic mass is 32.1. The number of anilines is 1. The van der Waals surface area contributed by atoms with Crippen molar-refractivity contribution in [3.63, 3.8) is 0 Å². The lowest BCUT2D eigenvalue weighted by molar-refractivity contribution is 0.0694. The second-order valence-corrected chi connectivity index (χ2v) is 14.3. The molecule has 1 aliphatic heterocycles. The Hall–Kier alpha value is -4.98. The van der Waals surface area contributed by atoms with E-state index in [0.29, 0.717) is 11.3 Å². The van der Waals surface area contributed by atoms with E-state index in [9.17, 15) is 19.6 Å². The van der Waals surface area contributed by atoms with Crippen LogP contribution >= 0.6 is 11.3 Å². The van der Waals surface area contributed by atoms with Gasteiger partial charge in [-0.2, -0.15) is 5.26 Å². The Bertz CT molecular complexity index is 2080. The van der Waals surface area contributed by atoms with Gasteiger partial charge in [-0.05, 0) is 95.3 Å². The van der Waals surface area contributed by atoms with Gasteiger partial charge in [0.15, 0.2) is 0 Å². The number of H-pyrrole nitrogens is 1. The summed E-state index contributed by atoms with van der Waals surface area (Å²) in [6.07, 6.45) is 6.55. The molecule has 0 unspecified atom stereocenters. The average Bonchev–Trinajstić information content (AvgIpc) is 3.76. The number of pyridine rings is 1. The van der Waals surface area contributed by atoms with Gasteiger partial charge in [0, 0.05) is 60.9 Å². The molecule has 0 bridgehead atoms. The van der Waals surface area contributed by atoms with E-state index < -0.39 is 11.8 Å². The van der Waals surface area contributed by atoms with E-state index in [1.54, 1.807) is 35.9 Å². The Balaban J connectivity index is 1.07. The summed E-state index contributed by atoms with van der Waals surface area (Å²) in [6.45, 7) is 8.91. The maximum Gasteiger partial charge on any atom is 0.339 e. The highest BCUT2D eigenvalue weighted by Gasteiger charge is 2.30. The van der Waals surface area contributed by atoms with Crippen LogP contribution in [-0.2, 0) is 0 Å². The fraction of sp³-hybridized carbons (Fsp3) is 0.289. The topological polar surface area (TPSA) is 105 Å². The molecule has 1 aliphatic carbocycles. The Morgan fingerprint density at radius 1 is 1.10 bits per heavy atom. The number of aromatic amines is 1. The Kier molecular flexibility index (Phi) is 8.50. The summed E-state index contributed by atoms with van der Waals surface area (Å²) in [4.78, 5) is 25.5. The quantitative estimate of drug-likeness (QED) is 0.172. The number of aromatic nitrogens is 2. The van der Waals surface area contributed by atoms with Gasteiger partial charge in [0.2, 0.25) is 0 Å². The van der Waals surface area contributed by atoms with Crippen molar-refractivity contribution in [3.05, 3.63) is 99.8 Å². The molecule has 0 spiro atoms. The van der Waals surface area contributed by atoms with Crippen molar-refractivity contribution in [1.82, 2.24) is 14.9 Å². The van der Waals surface area contributed by atoms with E-state index in [0.717, 1.165) is 79.8 Å². The second-order valence-electron chi connectivity index (χ2n) is 13.4. The zero-order valence-corrected chi connectivity index (χ0v) is 27.7. The number of hydrogen-bond acceptors (Lipinski definition) is 7. The number of fused-ring (bicyclic) bond motifs is 1. The summed E-state index contributed by atoms with van der Waals surface area (Å²) in [5, 5.41) is 22.1. The molecule has 10 heteroatoms. The summed E-state index contributed by atoms with van der Waals surface area (Å²) < 4.78 is 20.3. The van der Waals surface area contributed by atoms with Gasteiger partial charge in [-0.1, -0.05) is 19.4 Å². The van der Waals surface area contributed by atoms with E-state index in [1.807, 2.05) is 24.3 Å². The first-order valence-corrected chi connectivity index (χ1v) is 17.0. The summed E-state index contributed by atoms with van der Waals surface area (Å²) in [5.74, 6) is -0.677. The summed E-state index contributed by atoms with van der Waals surface area (Å²) in [7, 11) is 0. The van der Waals surface area contributed by atoms with Crippen LogP contribution in [0.25, 0.3) is 27.7 Å². The Morgan fingerprint density at radius 2 is 1.94 bits per heavy atom. The number of benzene rings is 2. The standard InChI is InChI=1S/C38H36FN5O3S/c1-38(2)7-5-26(33(19-38)35-17-28(23-48-35)27-13-24(20-40)14-29(39)15-27)22-43-9-11-44(12-10-43)30-3-4-32(37(45)46)34(18-30)47-31-16-25-6-8-41-36(25)42-21-31/h3-4,6,8,13-18,21,23H,5,7,9-12,19,22H2,1-2H3,(H,41,42)(H,45,46). The smallest absolute Gasteiger partial charge is 0.339 e. The zero-order valence-electron chi connectivity index (χ0n) is 26.9. The SMILES string of the molecule is CC1(C)CCC(CN2CCN(c3ccc(C(=O)O)c(Oc4cnc5[nH]ccc5c4)c3)CC2)=C(c2cc(-c3cc(F)cc(C#N)c3)cs2)C1. The van der Waals surface area contributed by atoms with Gasteiger partial charge in [-0.3, -0.25) is 4.90 Å². The summed E-state index contributed by atoms with van der Waals surface area (Å²) in [6, 6.07) is 17.8. The number of nitriles is 1. The first-order valence-electron chi connectivity index (χ1n) is 16.1. The molecule has 1 saturated heterocycles. The number of carboxylic acid groups (broad SMARTS) is 1. The zero-order chi connectivity index (χ0) is 33.4. The first kappa shape index (κ1) is 31.6. The molecule has 0 amide bonds. The van der Waals surface area contributed by atoms with Gasteiger partial charge < -0.3 is 19.7 Å². The molecule has 0 radical (unpaired) electrons. The number of nitrogens with one attached hydrogen (secondary N) is 1. The third-order valence-electron chi connectivity index (χ3n) is 9.39. The van der Waals surface area contributed by atoms with E-state index in [-0.39, 0.29) is 16.7 Å². The maximum atomic E-state index is 14.2. The van der Waals surface area contributed by atoms with Crippen LogP contribution in [0.2, 0.25) is 0 Å². The van der Waals surface area contributed by atoms with Crippen LogP contribution in [0.15, 0.2) is 77.9 Å². The van der Waals surface area contributed by atoms with Gasteiger partial charge in [0.25, 0.3) is 0 Å². The van der Waals surface area contributed by atoms with Crippen molar-refractivity contribution in [2.24, 2.45) is 5.41 Å². The number of allylic oxidation sites excluding steroid dienone is 1. The van der Waals surface area contributed by atoms with Crippen LogP contribution in [0.3, 0.4) is 0 Å². The number of carboxylic acids is 1. The molecule has 3 aromatic heterocycles. The number of nitrogens with zero attached hydrogens (tertiary/aromatic N) is 4. The molecular weight excluding hydrogens is 626 g/mol. The monoisotopic (exact) mass is 661 g/mol. The van der Waals surface area contributed by atoms with Crippen LogP contribution in [-0.4, -0.2) is 58.7 Å². The van der Waals surface area contributed by atoms with Crippen LogP contribution in [0.5, 0.6) is 11.5 Å². The molecule has 2 aliphatic rings. The molecule has 2 N–H and O–H groups in total. The lowest BCUT2D eigenvalue weighted by atomic mass is 9.73. The Morgan fingerprint density at radius 3 is 2.73 bits per heavy atom. The number of halogens is 1. The van der Waals surface area contributed by atoms with Crippen molar-refractivity contribution >= 4 is 39.6 Å². The largest absolute Gasteiger partial charge is 0.478 e. The highest BCUT2D eigenvalue weighted by Crippen LogP contribution is 2.45. The number of ether oxygens (including phenoxy) is 1. The van der Waals surface area contributed by atoms with Gasteiger partial charge in [-0.15, -0.1) is 11.3 Å². The third-order valence-corrected chi connectivity index (χ3v) is 10.4. The molecule has 48 heavy (non-hydrogen) atoms. The van der Waals surface area contributed by atoms with Gasteiger partial charge >= 0.3 is 5.97 Å². The molecule has 1 fully saturated rings. The fourth-order valence-corrected chi connectivity index (χ4v) is 7.75. The van der Waals surface area contributed by atoms with Crippen LogP contribution in [0.4, 0.5) is 10.1 Å². The molecule has 2 aromatic carbocycles. The van der Waals surface area contributed by atoms with E-state index >= 15 is 0 Å². The minimum Gasteiger partial charge on any atom is -0.478 e. The first-order chi connectivity index (χ1) is 23.1. The van der Waals surface area contributed by atoms with Crippen molar-refractivity contribution in [1.29, 1.82) is 5.26 Å². The number of aromatic carboxylic acids is 1. The van der Waals surface area contributed by atoms with E-state index in [2.05, 4.69) is 51.1 Å². The molecule has 244 valence electrons. The molecular formula is C38H36FN5O3S. The number of hydrogen-bond donors (Lipinski definition) is 2. The van der Waals surface area contributed by atoms with Gasteiger partial charge in [0.1, 0.15) is 28.5 Å². The average molecular weight is 662 g/mol. The van der Waals surface area contributed by atoms with Crippen molar-refractivity contribution in [2.75, 3.05) is 37.6 Å². The minimum absolute atomic E-state index is 0.103. The predicted molar refractivity (Wildman–Crippen MR) is 187 cm³/mol. The van der Waals surface area contributed by atoms with Crippen LogP contribution in [0.1, 0.15) is 53.9 Å². The summed E-state index contributed by atoms with van der Waals surface area (Å²) >= 11 is 1.69. The lowest BCUT2D eigenvalue weighted by Gasteiger charge is -2.39. The van der Waals surface area contributed by atoms with Crippen LogP contribution < -0.4 is 9.64 Å². The van der Waals surface area contributed by atoms with Gasteiger partial charge in [-0.25, -0.2) is 14.2 Å². The van der Waals surface area contributed by atoms with E-state index in [1.165, 1.54) is 28.2 Å².